The van der Waals surface area contributed by atoms with Crippen molar-refractivity contribution < 1.29 is 23.4 Å². The van der Waals surface area contributed by atoms with E-state index in [9.17, 15) is 4.79 Å². The summed E-state index contributed by atoms with van der Waals surface area (Å²) in [5.41, 5.74) is 7.48. The van der Waals surface area contributed by atoms with Crippen molar-refractivity contribution in [1.29, 1.82) is 0 Å². The van der Waals surface area contributed by atoms with Crippen LogP contribution in [0.15, 0.2) is 48.6 Å². The Balaban J connectivity index is 1.16. The van der Waals surface area contributed by atoms with Gasteiger partial charge in [-0.1, -0.05) is 89.9 Å². The van der Waals surface area contributed by atoms with Crippen molar-refractivity contribution in [2.75, 3.05) is 31.1 Å². The Morgan fingerprint density at radius 1 is 1.00 bits per heavy atom. The van der Waals surface area contributed by atoms with E-state index >= 15 is 4.39 Å². The fraction of sp³-hybridized carbons (Fsp3) is 0.577. The summed E-state index contributed by atoms with van der Waals surface area (Å²) in [6.45, 7) is 26.7. The third-order valence-electron chi connectivity index (χ3n) is 15.6. The van der Waals surface area contributed by atoms with Gasteiger partial charge in [0, 0.05) is 29.6 Å². The average molecular weight is 885 g/mol. The van der Waals surface area contributed by atoms with Crippen molar-refractivity contribution in [3.63, 3.8) is 0 Å². The number of aromatic nitrogens is 3. The van der Waals surface area contributed by atoms with E-state index in [4.69, 9.17) is 29.2 Å². The lowest BCUT2D eigenvalue weighted by Gasteiger charge is -2.48. The zero-order valence-corrected chi connectivity index (χ0v) is 40.3. The van der Waals surface area contributed by atoms with Crippen molar-refractivity contribution >= 4 is 41.7 Å². The standard InChI is InChI=1S/C52H65FN6O4Si/c1-30(2)64(31(3)4,32(5)6)25-22-35-15-11-14-34-16-12-17-38(40(34)35)43-42(53)44-41-47(56-49(55-44)61-29-52-23-13-24-57(52)27-33(7)26-52)58-28-37-20-21-39(59(37)50(60)63-51(8,9)10)45(58)46(36-18-19-36)62-48(41)54-43/h11-12,14-17,30-32,36-37,39,45-46H,7,13,18-21,23-24,26-29H2,1-6,8-10H3/t37-,39+,45+,46?,52?/m1/s1. The van der Waals surface area contributed by atoms with Gasteiger partial charge >= 0.3 is 12.1 Å². The molecule has 64 heavy (non-hydrogen) atoms. The summed E-state index contributed by atoms with van der Waals surface area (Å²) >= 11 is 0. The Morgan fingerprint density at radius 2 is 1.73 bits per heavy atom. The van der Waals surface area contributed by atoms with Crippen LogP contribution in [-0.4, -0.2) is 101 Å². The van der Waals surface area contributed by atoms with Crippen LogP contribution in [0.5, 0.6) is 11.9 Å². The fourth-order valence-electron chi connectivity index (χ4n) is 12.7. The van der Waals surface area contributed by atoms with Gasteiger partial charge in [0.2, 0.25) is 5.88 Å². The van der Waals surface area contributed by atoms with Gasteiger partial charge in [-0.2, -0.15) is 9.97 Å². The van der Waals surface area contributed by atoms with Crippen molar-refractivity contribution in [2.24, 2.45) is 5.92 Å². The van der Waals surface area contributed by atoms with E-state index in [1.165, 1.54) is 5.57 Å². The minimum Gasteiger partial charge on any atom is -0.471 e. The van der Waals surface area contributed by atoms with Gasteiger partial charge in [0.1, 0.15) is 48.8 Å². The van der Waals surface area contributed by atoms with Crippen molar-refractivity contribution in [3.05, 3.63) is 59.9 Å². The molecule has 0 N–H and O–H groups in total. The minimum atomic E-state index is -2.10. The number of pyridine rings is 1. The lowest BCUT2D eigenvalue weighted by molar-refractivity contribution is -0.00211. The fourth-order valence-corrected chi connectivity index (χ4v) is 18.0. The van der Waals surface area contributed by atoms with Crippen molar-refractivity contribution in [2.45, 2.75) is 159 Å². The maximum absolute atomic E-state index is 18.1. The zero-order valence-electron chi connectivity index (χ0n) is 39.3. The monoisotopic (exact) mass is 884 g/mol. The highest BCUT2D eigenvalue weighted by atomic mass is 28.3. The number of rotatable bonds is 8. The molecule has 2 bridgehead atoms. The second kappa shape index (κ2) is 15.7. The molecule has 5 atom stereocenters. The predicted octanol–water partition coefficient (Wildman–Crippen LogP) is 10.9. The summed E-state index contributed by atoms with van der Waals surface area (Å²) in [6, 6.07) is 11.7. The molecule has 4 aromatic rings. The summed E-state index contributed by atoms with van der Waals surface area (Å²) in [6.07, 6.45) is 5.93. The average Bonchev–Trinajstić information content (AvgIpc) is 3.86. The number of hydrogen-bond acceptors (Lipinski definition) is 9. The van der Waals surface area contributed by atoms with Gasteiger partial charge in [-0.15, -0.1) is 5.54 Å². The molecule has 2 aromatic carbocycles. The van der Waals surface area contributed by atoms with E-state index in [-0.39, 0.29) is 59.0 Å². The second-order valence-corrected chi connectivity index (χ2v) is 27.3. The van der Waals surface area contributed by atoms with Crippen LogP contribution in [-0.2, 0) is 4.74 Å². The van der Waals surface area contributed by atoms with E-state index in [1.54, 1.807) is 0 Å². The Hall–Kier alpha value is -4.73. The first-order chi connectivity index (χ1) is 30.5. The molecule has 1 aliphatic carbocycles. The molecule has 2 unspecified atom stereocenters. The maximum atomic E-state index is 18.1. The number of carbonyl (C=O) groups excluding carboxylic acids is 1. The Bertz CT molecular complexity index is 2580. The van der Waals surface area contributed by atoms with Gasteiger partial charge in [-0.3, -0.25) is 9.80 Å². The van der Waals surface area contributed by atoms with Crippen LogP contribution in [0.4, 0.5) is 15.0 Å². The van der Waals surface area contributed by atoms with Crippen LogP contribution in [0.2, 0.25) is 16.6 Å². The first-order valence-electron chi connectivity index (χ1n) is 24.0. The number of benzene rings is 2. The van der Waals surface area contributed by atoms with Crippen LogP contribution in [0.3, 0.4) is 0 Å². The summed E-state index contributed by atoms with van der Waals surface area (Å²) in [4.78, 5) is 36.2. The predicted molar refractivity (Wildman–Crippen MR) is 254 cm³/mol. The highest BCUT2D eigenvalue weighted by Gasteiger charge is 2.57. The number of hydrogen-bond donors (Lipinski definition) is 0. The highest BCUT2D eigenvalue weighted by Crippen LogP contribution is 2.51. The number of nitrogens with zero attached hydrogens (tertiary/aromatic N) is 6. The number of amides is 1. The number of carbonyl (C=O) groups is 1. The van der Waals surface area contributed by atoms with E-state index < -0.39 is 19.5 Å². The van der Waals surface area contributed by atoms with Crippen LogP contribution < -0.4 is 14.4 Å². The lowest BCUT2D eigenvalue weighted by atomic mass is 9.94. The van der Waals surface area contributed by atoms with Gasteiger partial charge in [0.25, 0.3) is 0 Å². The quantitative estimate of drug-likeness (QED) is 0.0974. The van der Waals surface area contributed by atoms with E-state index in [1.807, 2.05) is 43.9 Å². The molecule has 7 heterocycles. The van der Waals surface area contributed by atoms with Crippen molar-refractivity contribution in [1.82, 2.24) is 24.8 Å². The molecule has 5 fully saturated rings. The Morgan fingerprint density at radius 3 is 2.44 bits per heavy atom. The molecule has 5 aliphatic heterocycles. The van der Waals surface area contributed by atoms with Gasteiger partial charge < -0.3 is 19.1 Å². The number of halogens is 1. The largest absolute Gasteiger partial charge is 0.471 e. The highest BCUT2D eigenvalue weighted by molar-refractivity contribution is 6.90. The summed E-state index contributed by atoms with van der Waals surface area (Å²) in [5.74, 6) is 4.27. The van der Waals surface area contributed by atoms with Crippen LogP contribution in [0, 0.1) is 23.2 Å². The number of fused-ring (bicyclic) bond motifs is 7. The smallest absolute Gasteiger partial charge is 0.410 e. The molecule has 0 radical (unpaired) electrons. The summed E-state index contributed by atoms with van der Waals surface area (Å²) in [7, 11) is -2.10. The Labute approximate surface area is 379 Å². The van der Waals surface area contributed by atoms with Gasteiger partial charge in [0.15, 0.2) is 5.82 Å². The number of piperazine rings is 1. The summed E-state index contributed by atoms with van der Waals surface area (Å²) < 4.78 is 38.1. The van der Waals surface area contributed by atoms with Gasteiger partial charge in [0.05, 0.1) is 23.7 Å². The molecule has 10 nitrogen and oxygen atoms in total. The van der Waals surface area contributed by atoms with Crippen LogP contribution >= 0.6 is 0 Å². The molecule has 6 aliphatic rings. The minimum absolute atomic E-state index is 0.112. The van der Waals surface area contributed by atoms with Crippen LogP contribution in [0.25, 0.3) is 32.9 Å². The normalized spacial score (nSPS) is 25.5. The van der Waals surface area contributed by atoms with Crippen LogP contribution in [0.1, 0.15) is 113 Å². The molecule has 338 valence electrons. The molecule has 10 rings (SSSR count). The van der Waals surface area contributed by atoms with Gasteiger partial charge in [-0.25, -0.2) is 14.2 Å². The van der Waals surface area contributed by atoms with E-state index in [0.717, 1.165) is 74.4 Å². The second-order valence-electron chi connectivity index (χ2n) is 21.7. The van der Waals surface area contributed by atoms with Crippen molar-refractivity contribution in [3.8, 4) is 34.6 Å². The molecule has 4 saturated heterocycles. The molecule has 2 aromatic heterocycles. The molecule has 1 amide bonds. The number of ether oxygens (including phenoxy) is 3. The molecular weight excluding hydrogens is 820 g/mol. The molecule has 0 spiro atoms. The SMILES string of the molecule is C=C1CN2CCCC2(COc2nc3c4c(nc(-c5cccc6cccc(C#C[Si](C(C)C)(C(C)C)C(C)C)c56)c(F)c4n2)OC(C2CC2)[C@@H]2[C@@H]4CC[C@H](CN32)N4C(=O)OC(C)(C)C)C1. The third kappa shape index (κ3) is 7.06. The molecular formula is C52H65FN6O4Si. The molecule has 12 heteroatoms. The molecule has 1 saturated carbocycles. The van der Waals surface area contributed by atoms with E-state index in [0.29, 0.717) is 52.4 Å². The first kappa shape index (κ1) is 43.2. The first-order valence-corrected chi connectivity index (χ1v) is 26.2. The van der Waals surface area contributed by atoms with E-state index in [2.05, 4.69) is 87.6 Å². The summed E-state index contributed by atoms with van der Waals surface area (Å²) in [5, 5.41) is 2.27. The third-order valence-corrected chi connectivity index (χ3v) is 21.9. The lowest BCUT2D eigenvalue weighted by Crippen LogP contribution is -2.66. The maximum Gasteiger partial charge on any atom is 0.410 e. The zero-order chi connectivity index (χ0) is 45.0. The van der Waals surface area contributed by atoms with Gasteiger partial charge in [-0.05, 0) is 106 Å². The topological polar surface area (TPSA) is 93.2 Å². The Kier molecular flexibility index (Phi) is 10.6. The number of anilines is 1.